The van der Waals surface area contributed by atoms with E-state index in [1.807, 2.05) is 12.1 Å². The van der Waals surface area contributed by atoms with Gasteiger partial charge < -0.3 is 4.74 Å². The molecule has 1 fully saturated rings. The standard InChI is InChI=1S/C14H16ClNO2/c1-9(17)6-12-8-18-14-13-7-11(15)3-2-10(13)4-5-16(12)14/h2-3,7,12,14H,4-6,8H2,1H3. The third-order valence-electron chi connectivity index (χ3n) is 3.75. The van der Waals surface area contributed by atoms with E-state index in [9.17, 15) is 4.79 Å². The fraction of sp³-hybridized carbons (Fsp3) is 0.500. The molecule has 2 unspecified atom stereocenters. The molecule has 3 rings (SSSR count). The Morgan fingerprint density at radius 3 is 3.17 bits per heavy atom. The lowest BCUT2D eigenvalue weighted by Crippen LogP contribution is -2.38. The minimum absolute atomic E-state index is 0.0169. The maximum Gasteiger partial charge on any atom is 0.137 e. The fourth-order valence-corrected chi connectivity index (χ4v) is 3.11. The first-order chi connectivity index (χ1) is 8.65. The van der Waals surface area contributed by atoms with Crippen LogP contribution in [0.1, 0.15) is 30.7 Å². The maximum atomic E-state index is 11.3. The van der Waals surface area contributed by atoms with Crippen molar-refractivity contribution in [3.8, 4) is 0 Å². The quantitative estimate of drug-likeness (QED) is 0.823. The summed E-state index contributed by atoms with van der Waals surface area (Å²) in [5.41, 5.74) is 2.48. The molecule has 3 nitrogen and oxygen atoms in total. The molecule has 0 aliphatic carbocycles. The van der Waals surface area contributed by atoms with E-state index in [2.05, 4.69) is 11.0 Å². The van der Waals surface area contributed by atoms with Crippen LogP contribution in [0.5, 0.6) is 0 Å². The average molecular weight is 266 g/mol. The number of ketones is 1. The third kappa shape index (κ3) is 2.07. The summed E-state index contributed by atoms with van der Waals surface area (Å²) in [4.78, 5) is 13.6. The van der Waals surface area contributed by atoms with Crippen LogP contribution >= 0.6 is 11.6 Å². The topological polar surface area (TPSA) is 29.5 Å². The number of hydrogen-bond acceptors (Lipinski definition) is 3. The summed E-state index contributed by atoms with van der Waals surface area (Å²) in [6.45, 7) is 3.23. The van der Waals surface area contributed by atoms with Gasteiger partial charge in [-0.05, 0) is 31.0 Å². The Labute approximate surface area is 112 Å². The van der Waals surface area contributed by atoms with Crippen molar-refractivity contribution < 1.29 is 9.53 Å². The highest BCUT2D eigenvalue weighted by Gasteiger charge is 2.39. The van der Waals surface area contributed by atoms with Gasteiger partial charge in [0, 0.05) is 29.6 Å². The second kappa shape index (κ2) is 4.65. The third-order valence-corrected chi connectivity index (χ3v) is 3.99. The molecule has 2 heterocycles. The molecule has 0 N–H and O–H groups in total. The van der Waals surface area contributed by atoms with Crippen LogP contribution in [0.25, 0.3) is 0 Å². The van der Waals surface area contributed by atoms with Crippen molar-refractivity contribution in [2.24, 2.45) is 0 Å². The van der Waals surface area contributed by atoms with Crippen LogP contribution < -0.4 is 0 Å². The van der Waals surface area contributed by atoms with Gasteiger partial charge in [-0.3, -0.25) is 9.69 Å². The van der Waals surface area contributed by atoms with Crippen molar-refractivity contribution in [1.29, 1.82) is 0 Å². The number of benzene rings is 1. The molecule has 0 spiro atoms. The Morgan fingerprint density at radius 2 is 2.39 bits per heavy atom. The summed E-state index contributed by atoms with van der Waals surface area (Å²) in [6.07, 6.45) is 1.56. The first kappa shape index (κ1) is 12.2. The van der Waals surface area contributed by atoms with Crippen LogP contribution in [0.4, 0.5) is 0 Å². The number of Topliss-reactive ketones (excluding diaryl/α,β-unsaturated/α-hetero) is 1. The number of fused-ring (bicyclic) bond motifs is 3. The minimum atomic E-state index is -0.0169. The molecule has 1 aromatic rings. The van der Waals surface area contributed by atoms with Gasteiger partial charge in [0.05, 0.1) is 6.61 Å². The lowest BCUT2D eigenvalue weighted by molar-refractivity contribution is -0.118. The molecule has 0 saturated carbocycles. The number of rotatable bonds is 2. The molecule has 0 aromatic heterocycles. The van der Waals surface area contributed by atoms with Gasteiger partial charge in [-0.15, -0.1) is 0 Å². The molecule has 0 bridgehead atoms. The van der Waals surface area contributed by atoms with Crippen molar-refractivity contribution in [2.45, 2.75) is 32.0 Å². The van der Waals surface area contributed by atoms with Crippen molar-refractivity contribution >= 4 is 17.4 Å². The Bertz CT molecular complexity index is 489. The van der Waals surface area contributed by atoms with Gasteiger partial charge >= 0.3 is 0 Å². The molecule has 96 valence electrons. The molecule has 2 aliphatic rings. The summed E-state index contributed by atoms with van der Waals surface area (Å²) in [7, 11) is 0. The molecule has 4 heteroatoms. The van der Waals surface area contributed by atoms with E-state index in [1.54, 1.807) is 6.92 Å². The second-order valence-corrected chi connectivity index (χ2v) is 5.51. The number of halogens is 1. The smallest absolute Gasteiger partial charge is 0.137 e. The normalized spacial score (nSPS) is 26.8. The van der Waals surface area contributed by atoms with E-state index in [1.165, 1.54) is 11.1 Å². The minimum Gasteiger partial charge on any atom is -0.357 e. The molecule has 1 aromatic carbocycles. The predicted octanol–water partition coefficient (Wildman–Crippen LogP) is 2.57. The zero-order valence-corrected chi connectivity index (χ0v) is 11.1. The van der Waals surface area contributed by atoms with Crippen LogP contribution in [0, 0.1) is 0 Å². The highest BCUT2D eigenvalue weighted by molar-refractivity contribution is 6.30. The lowest BCUT2D eigenvalue weighted by Gasteiger charge is -2.33. The van der Waals surface area contributed by atoms with E-state index < -0.39 is 0 Å². The molecule has 2 aliphatic heterocycles. The Kier molecular flexibility index (Phi) is 3.14. The number of ether oxygens (including phenoxy) is 1. The van der Waals surface area contributed by atoms with Gasteiger partial charge in [0.2, 0.25) is 0 Å². The van der Waals surface area contributed by atoms with Crippen molar-refractivity contribution in [2.75, 3.05) is 13.2 Å². The fourth-order valence-electron chi connectivity index (χ4n) is 2.93. The Balaban J connectivity index is 1.88. The zero-order valence-electron chi connectivity index (χ0n) is 10.4. The van der Waals surface area contributed by atoms with Gasteiger partial charge in [0.15, 0.2) is 0 Å². The SMILES string of the molecule is CC(=O)CC1COC2c3cc(Cl)ccc3CCN12. The molecule has 0 radical (unpaired) electrons. The molecular weight excluding hydrogens is 250 g/mol. The average Bonchev–Trinajstić information content (AvgIpc) is 2.72. The molecule has 0 amide bonds. The first-order valence-electron chi connectivity index (χ1n) is 6.30. The molecular formula is C14H16ClNO2. The van der Waals surface area contributed by atoms with E-state index in [-0.39, 0.29) is 18.1 Å². The summed E-state index contributed by atoms with van der Waals surface area (Å²) < 4.78 is 5.87. The van der Waals surface area contributed by atoms with E-state index >= 15 is 0 Å². The summed E-state index contributed by atoms with van der Waals surface area (Å²) in [6, 6.07) is 6.22. The maximum absolute atomic E-state index is 11.3. The second-order valence-electron chi connectivity index (χ2n) is 5.08. The Hall–Kier alpha value is -0.900. The van der Waals surface area contributed by atoms with Gasteiger partial charge in [0.25, 0.3) is 0 Å². The number of hydrogen-bond donors (Lipinski definition) is 0. The molecule has 1 saturated heterocycles. The number of carbonyl (C=O) groups excluding carboxylic acids is 1. The summed E-state index contributed by atoms with van der Waals surface area (Å²) in [5.74, 6) is 0.223. The van der Waals surface area contributed by atoms with Crippen molar-refractivity contribution in [1.82, 2.24) is 4.90 Å². The largest absolute Gasteiger partial charge is 0.357 e. The molecule has 18 heavy (non-hydrogen) atoms. The van der Waals surface area contributed by atoms with E-state index in [4.69, 9.17) is 16.3 Å². The van der Waals surface area contributed by atoms with Gasteiger partial charge in [-0.25, -0.2) is 0 Å². The van der Waals surface area contributed by atoms with E-state index in [0.29, 0.717) is 13.0 Å². The first-order valence-corrected chi connectivity index (χ1v) is 6.68. The van der Waals surface area contributed by atoms with Gasteiger partial charge in [-0.2, -0.15) is 0 Å². The lowest BCUT2D eigenvalue weighted by atomic mass is 9.97. The van der Waals surface area contributed by atoms with Gasteiger partial charge in [-0.1, -0.05) is 17.7 Å². The highest BCUT2D eigenvalue weighted by atomic mass is 35.5. The van der Waals surface area contributed by atoms with Crippen molar-refractivity contribution in [3.63, 3.8) is 0 Å². The van der Waals surface area contributed by atoms with Crippen LogP contribution in [0.2, 0.25) is 5.02 Å². The van der Waals surface area contributed by atoms with Crippen LogP contribution in [0.3, 0.4) is 0 Å². The van der Waals surface area contributed by atoms with Gasteiger partial charge in [0.1, 0.15) is 12.0 Å². The highest BCUT2D eigenvalue weighted by Crippen LogP contribution is 2.38. The number of carbonyl (C=O) groups is 1. The predicted molar refractivity (Wildman–Crippen MR) is 69.6 cm³/mol. The summed E-state index contributed by atoms with van der Waals surface area (Å²) >= 11 is 6.06. The molecule has 2 atom stereocenters. The zero-order chi connectivity index (χ0) is 12.7. The van der Waals surface area contributed by atoms with Crippen LogP contribution in [-0.4, -0.2) is 29.9 Å². The monoisotopic (exact) mass is 265 g/mol. The van der Waals surface area contributed by atoms with Crippen LogP contribution in [-0.2, 0) is 16.0 Å². The van der Waals surface area contributed by atoms with E-state index in [0.717, 1.165) is 18.0 Å². The summed E-state index contributed by atoms with van der Waals surface area (Å²) in [5, 5.41) is 0.745. The Morgan fingerprint density at radius 1 is 1.56 bits per heavy atom. The van der Waals surface area contributed by atoms with Crippen molar-refractivity contribution in [3.05, 3.63) is 34.3 Å². The number of nitrogens with zero attached hydrogens (tertiary/aromatic N) is 1. The van der Waals surface area contributed by atoms with Crippen LogP contribution in [0.15, 0.2) is 18.2 Å².